The van der Waals surface area contributed by atoms with Crippen molar-refractivity contribution in [3.63, 3.8) is 0 Å². The summed E-state index contributed by atoms with van der Waals surface area (Å²) in [6.45, 7) is 6.46. The lowest BCUT2D eigenvalue weighted by Gasteiger charge is -2.23. The van der Waals surface area contributed by atoms with Crippen LogP contribution < -0.4 is 0 Å². The highest BCUT2D eigenvalue weighted by Crippen LogP contribution is 2.24. The summed E-state index contributed by atoms with van der Waals surface area (Å²) in [5, 5.41) is 8.87. The summed E-state index contributed by atoms with van der Waals surface area (Å²) in [5.41, 5.74) is 1.47. The smallest absolute Gasteiger partial charge is 0.0935 e. The summed E-state index contributed by atoms with van der Waals surface area (Å²) in [4.78, 5) is 4.55. The molecule has 0 radical (unpaired) electrons. The van der Waals surface area contributed by atoms with Crippen LogP contribution in [0.25, 0.3) is 0 Å². The molecule has 0 fully saturated rings. The normalized spacial score (nSPS) is 13.8. The molecule has 1 aromatic carbocycles. The number of hydrogen-bond acceptors (Lipinski definition) is 2. The third-order valence-corrected chi connectivity index (χ3v) is 2.59. The fourth-order valence-electron chi connectivity index (χ4n) is 1.85. The molecule has 1 unspecified atom stereocenters. The van der Waals surface area contributed by atoms with Gasteiger partial charge in [-0.3, -0.25) is 5.26 Å². The van der Waals surface area contributed by atoms with Gasteiger partial charge in [0.25, 0.3) is 0 Å². The summed E-state index contributed by atoms with van der Waals surface area (Å²) in [6, 6.07) is 10.3. The van der Waals surface area contributed by atoms with E-state index in [9.17, 15) is 0 Å². The van der Waals surface area contributed by atoms with Gasteiger partial charge in [-0.1, -0.05) is 51.1 Å². The zero-order valence-corrected chi connectivity index (χ0v) is 10.4. The van der Waals surface area contributed by atoms with Crippen molar-refractivity contribution in [3.8, 4) is 0 Å². The summed E-state index contributed by atoms with van der Waals surface area (Å²) in [7, 11) is 0. The Labute approximate surface area is 98.2 Å². The predicted molar refractivity (Wildman–Crippen MR) is 66.3 cm³/mol. The van der Waals surface area contributed by atoms with E-state index in [0.29, 0.717) is 0 Å². The van der Waals surface area contributed by atoms with Gasteiger partial charge >= 0.3 is 0 Å². The largest absolute Gasteiger partial charge is 0.252 e. The molecule has 1 rings (SSSR count). The first kappa shape index (κ1) is 13.2. The van der Waals surface area contributed by atoms with Crippen LogP contribution in [0.5, 0.6) is 0 Å². The predicted octanol–water partition coefficient (Wildman–Crippen LogP) is 3.91. The van der Waals surface area contributed by atoms with Crippen molar-refractivity contribution in [3.05, 3.63) is 35.9 Å². The first-order valence-corrected chi connectivity index (χ1v) is 5.85. The standard InChI is InChI=1S/C14H22O2/c1-14(2,3)11-13(16-15)10-9-12-7-5-4-6-8-12/h4-8,13,15H,9-11H2,1-3H3. The molecule has 0 aromatic heterocycles. The average molecular weight is 222 g/mol. The fourth-order valence-corrected chi connectivity index (χ4v) is 1.85. The summed E-state index contributed by atoms with van der Waals surface area (Å²) < 4.78 is 0. The minimum absolute atomic E-state index is 0.0693. The second kappa shape index (κ2) is 6.02. The maximum Gasteiger partial charge on any atom is 0.0935 e. The van der Waals surface area contributed by atoms with E-state index >= 15 is 0 Å². The zero-order chi connectivity index (χ0) is 12.0. The van der Waals surface area contributed by atoms with Crippen molar-refractivity contribution in [2.45, 2.75) is 46.1 Å². The summed E-state index contributed by atoms with van der Waals surface area (Å²) >= 11 is 0. The molecule has 2 heteroatoms. The van der Waals surface area contributed by atoms with E-state index in [-0.39, 0.29) is 11.5 Å². The van der Waals surface area contributed by atoms with Crippen molar-refractivity contribution >= 4 is 0 Å². The molecule has 2 nitrogen and oxygen atoms in total. The number of benzene rings is 1. The average Bonchev–Trinajstić information content (AvgIpc) is 2.24. The van der Waals surface area contributed by atoms with Crippen LogP contribution in [0.4, 0.5) is 0 Å². The second-order valence-electron chi connectivity index (χ2n) is 5.52. The Morgan fingerprint density at radius 3 is 2.31 bits per heavy atom. The van der Waals surface area contributed by atoms with E-state index in [1.165, 1.54) is 5.56 Å². The lowest BCUT2D eigenvalue weighted by Crippen LogP contribution is -2.20. The van der Waals surface area contributed by atoms with Crippen molar-refractivity contribution in [1.82, 2.24) is 0 Å². The number of rotatable bonds is 5. The Hall–Kier alpha value is -0.860. The maximum absolute atomic E-state index is 8.87. The van der Waals surface area contributed by atoms with Gasteiger partial charge in [0, 0.05) is 0 Å². The van der Waals surface area contributed by atoms with Gasteiger partial charge in [0.15, 0.2) is 0 Å². The van der Waals surface area contributed by atoms with Gasteiger partial charge in [0.05, 0.1) is 6.10 Å². The molecular formula is C14H22O2. The molecule has 1 aromatic rings. The molecule has 0 spiro atoms. The van der Waals surface area contributed by atoms with E-state index in [1.54, 1.807) is 0 Å². The Morgan fingerprint density at radius 2 is 1.81 bits per heavy atom. The van der Waals surface area contributed by atoms with Crippen LogP contribution in [0, 0.1) is 5.41 Å². The number of hydrogen-bond donors (Lipinski definition) is 1. The molecule has 1 N–H and O–H groups in total. The zero-order valence-electron chi connectivity index (χ0n) is 10.4. The van der Waals surface area contributed by atoms with Gasteiger partial charge in [-0.2, -0.15) is 0 Å². The monoisotopic (exact) mass is 222 g/mol. The maximum atomic E-state index is 8.87. The lowest BCUT2D eigenvalue weighted by molar-refractivity contribution is -0.284. The summed E-state index contributed by atoms with van der Waals surface area (Å²) in [5.74, 6) is 0. The van der Waals surface area contributed by atoms with Gasteiger partial charge in [-0.25, -0.2) is 4.89 Å². The molecule has 1 atom stereocenters. The molecular weight excluding hydrogens is 200 g/mol. The molecule has 0 aliphatic heterocycles. The van der Waals surface area contributed by atoms with Crippen LogP contribution in [0.1, 0.15) is 39.2 Å². The van der Waals surface area contributed by atoms with Crippen LogP contribution >= 0.6 is 0 Å². The molecule has 0 aliphatic carbocycles. The Bertz CT molecular complexity index is 287. The minimum atomic E-state index is -0.0693. The SMILES string of the molecule is CC(C)(C)CC(CCc1ccccc1)OO. The minimum Gasteiger partial charge on any atom is -0.252 e. The highest BCUT2D eigenvalue weighted by Gasteiger charge is 2.19. The first-order chi connectivity index (χ1) is 7.51. The van der Waals surface area contributed by atoms with E-state index in [0.717, 1.165) is 19.3 Å². The Balaban J connectivity index is 2.40. The molecule has 16 heavy (non-hydrogen) atoms. The van der Waals surface area contributed by atoms with Crippen molar-refractivity contribution in [2.75, 3.05) is 0 Å². The summed E-state index contributed by atoms with van der Waals surface area (Å²) in [6.07, 6.45) is 2.61. The van der Waals surface area contributed by atoms with E-state index in [2.05, 4.69) is 37.8 Å². The van der Waals surface area contributed by atoms with Crippen molar-refractivity contribution in [2.24, 2.45) is 5.41 Å². The quantitative estimate of drug-likeness (QED) is 0.604. The second-order valence-corrected chi connectivity index (χ2v) is 5.52. The Morgan fingerprint density at radius 1 is 1.19 bits per heavy atom. The van der Waals surface area contributed by atoms with E-state index in [4.69, 9.17) is 5.26 Å². The van der Waals surface area contributed by atoms with Crippen LogP contribution in [0.3, 0.4) is 0 Å². The molecule has 0 saturated heterocycles. The van der Waals surface area contributed by atoms with Gasteiger partial charge < -0.3 is 0 Å². The molecule has 0 amide bonds. The van der Waals surface area contributed by atoms with Gasteiger partial charge in [-0.15, -0.1) is 0 Å². The van der Waals surface area contributed by atoms with E-state index < -0.39 is 0 Å². The molecule has 0 heterocycles. The fraction of sp³-hybridized carbons (Fsp3) is 0.571. The van der Waals surface area contributed by atoms with Crippen molar-refractivity contribution in [1.29, 1.82) is 0 Å². The molecule has 0 bridgehead atoms. The van der Waals surface area contributed by atoms with Crippen LogP contribution in [-0.2, 0) is 11.3 Å². The van der Waals surface area contributed by atoms with Gasteiger partial charge in [0.1, 0.15) is 0 Å². The molecule has 0 saturated carbocycles. The molecule has 90 valence electrons. The number of aryl methyl sites for hydroxylation is 1. The third-order valence-electron chi connectivity index (χ3n) is 2.59. The van der Waals surface area contributed by atoms with Crippen LogP contribution in [-0.4, -0.2) is 11.4 Å². The first-order valence-electron chi connectivity index (χ1n) is 5.85. The van der Waals surface area contributed by atoms with Crippen LogP contribution in [0.15, 0.2) is 30.3 Å². The lowest BCUT2D eigenvalue weighted by atomic mass is 9.87. The third kappa shape index (κ3) is 5.29. The van der Waals surface area contributed by atoms with E-state index in [1.807, 2.05) is 18.2 Å². The molecule has 0 aliphatic rings. The topological polar surface area (TPSA) is 29.5 Å². The van der Waals surface area contributed by atoms with Gasteiger partial charge in [-0.05, 0) is 30.2 Å². The van der Waals surface area contributed by atoms with Crippen molar-refractivity contribution < 1.29 is 10.1 Å². The highest BCUT2D eigenvalue weighted by molar-refractivity contribution is 5.14. The van der Waals surface area contributed by atoms with Gasteiger partial charge in [0.2, 0.25) is 0 Å². The highest BCUT2D eigenvalue weighted by atomic mass is 17.1. The Kier molecular flexibility index (Phi) is 4.97. The van der Waals surface area contributed by atoms with Crippen LogP contribution in [0.2, 0.25) is 0 Å².